The number of aromatic nitrogens is 1. The first-order valence-corrected chi connectivity index (χ1v) is 3.78. The normalized spacial score (nSPS) is 9.64. The molecular weight excluding hydrogens is 210 g/mol. The molecule has 0 aromatic carbocycles. The Morgan fingerprint density at radius 3 is 2.64 bits per heavy atom. The Kier molecular flexibility index (Phi) is 2.24. The molecule has 0 unspecified atom stereocenters. The Labute approximate surface area is 71.4 Å². The van der Waals surface area contributed by atoms with Gasteiger partial charge in [0.1, 0.15) is 0 Å². The molecule has 1 aromatic heterocycles. The van der Waals surface area contributed by atoms with E-state index in [0.29, 0.717) is 4.47 Å². The summed E-state index contributed by atoms with van der Waals surface area (Å²) in [6, 6.07) is 4.42. The second-order valence-electron chi connectivity index (χ2n) is 2.08. The lowest BCUT2D eigenvalue weighted by atomic mass is 10.5. The van der Waals surface area contributed by atoms with Gasteiger partial charge in [0.05, 0.1) is 4.47 Å². The fourth-order valence-corrected chi connectivity index (χ4v) is 1.08. The molecule has 3 nitrogen and oxygen atoms in total. The van der Waals surface area contributed by atoms with Gasteiger partial charge in [0.15, 0.2) is 0 Å². The summed E-state index contributed by atoms with van der Waals surface area (Å²) in [5.41, 5.74) is -0.624. The summed E-state index contributed by atoms with van der Waals surface area (Å²) in [4.78, 5) is 22.0. The van der Waals surface area contributed by atoms with E-state index in [1.807, 2.05) is 0 Å². The van der Waals surface area contributed by atoms with Crippen molar-refractivity contribution in [1.29, 1.82) is 0 Å². The molecule has 0 N–H and O–H groups in total. The lowest BCUT2D eigenvalue weighted by Crippen LogP contribution is -2.26. The molecule has 1 heterocycles. The van der Waals surface area contributed by atoms with Crippen molar-refractivity contribution >= 4 is 15.9 Å². The van der Waals surface area contributed by atoms with Crippen molar-refractivity contribution in [1.82, 2.24) is 4.57 Å². The van der Waals surface area contributed by atoms with Gasteiger partial charge in [-0.2, -0.15) is 0 Å². The highest BCUT2D eigenvalue weighted by atomic mass is 79.9. The molecule has 0 radical (unpaired) electrons. The minimum atomic E-state index is -0.319. The van der Waals surface area contributed by atoms with Gasteiger partial charge in [0.25, 0.3) is 11.1 Å². The average Bonchev–Trinajstić information content (AvgIpc) is 2.07. The quantitative estimate of drug-likeness (QED) is 0.633. The zero-order valence-electron chi connectivity index (χ0n) is 5.87. The van der Waals surface area contributed by atoms with E-state index in [9.17, 15) is 9.59 Å². The molecule has 4 heteroatoms. The summed E-state index contributed by atoms with van der Waals surface area (Å²) < 4.78 is 1.44. The maximum Gasteiger partial charge on any atom is 0.267 e. The molecule has 0 aliphatic carbocycles. The maximum absolute atomic E-state index is 11.1. The third-order valence-electron chi connectivity index (χ3n) is 1.32. The fourth-order valence-electron chi connectivity index (χ4n) is 0.658. The van der Waals surface area contributed by atoms with Gasteiger partial charge in [-0.15, -0.1) is 0 Å². The molecule has 11 heavy (non-hydrogen) atoms. The van der Waals surface area contributed by atoms with E-state index in [-0.39, 0.29) is 11.1 Å². The Bertz CT molecular complexity index is 383. The van der Waals surface area contributed by atoms with Crippen molar-refractivity contribution in [3.8, 4) is 0 Å². The van der Waals surface area contributed by atoms with E-state index in [1.165, 1.54) is 19.2 Å². The van der Waals surface area contributed by atoms with Gasteiger partial charge in [-0.3, -0.25) is 14.2 Å². The zero-order chi connectivity index (χ0) is 8.43. The second kappa shape index (κ2) is 3.00. The fraction of sp³-hybridized carbons (Fsp3) is 0.143. The van der Waals surface area contributed by atoms with Gasteiger partial charge in [-0.05, 0) is 22.0 Å². The van der Waals surface area contributed by atoms with Crippen molar-refractivity contribution in [3.63, 3.8) is 0 Å². The van der Waals surface area contributed by atoms with Crippen LogP contribution in [-0.4, -0.2) is 4.57 Å². The summed E-state index contributed by atoms with van der Waals surface area (Å²) in [7, 11) is 1.44. The molecule has 1 rings (SSSR count). The van der Waals surface area contributed by atoms with Gasteiger partial charge >= 0.3 is 0 Å². The molecule has 0 atom stereocenters. The van der Waals surface area contributed by atoms with Crippen LogP contribution in [0.15, 0.2) is 32.3 Å². The summed E-state index contributed by atoms with van der Waals surface area (Å²) in [6.45, 7) is 0. The highest BCUT2D eigenvalue weighted by Crippen LogP contribution is 1.96. The van der Waals surface area contributed by atoms with E-state index in [4.69, 9.17) is 0 Å². The Morgan fingerprint density at radius 2 is 2.00 bits per heavy atom. The van der Waals surface area contributed by atoms with E-state index in [1.54, 1.807) is 6.07 Å². The first kappa shape index (κ1) is 8.20. The summed E-state index contributed by atoms with van der Waals surface area (Å²) in [5, 5.41) is 0. The number of hydrogen-bond acceptors (Lipinski definition) is 2. The largest absolute Gasteiger partial charge is 0.278 e. The predicted molar refractivity (Wildman–Crippen MR) is 45.7 cm³/mol. The average molecular weight is 216 g/mol. The van der Waals surface area contributed by atoms with Crippen LogP contribution < -0.4 is 11.1 Å². The third-order valence-corrected chi connectivity index (χ3v) is 1.92. The van der Waals surface area contributed by atoms with E-state index >= 15 is 0 Å². The topological polar surface area (TPSA) is 39.1 Å². The lowest BCUT2D eigenvalue weighted by molar-refractivity contribution is 0.826. The van der Waals surface area contributed by atoms with Crippen LogP contribution >= 0.6 is 15.9 Å². The van der Waals surface area contributed by atoms with Gasteiger partial charge in [0, 0.05) is 13.1 Å². The first-order chi connectivity index (χ1) is 5.13. The Balaban J connectivity index is 3.77. The standard InChI is InChI=1S/C7H6BrNO2/c1-9-6(10)4-2-3-5(8)7(9)11/h2-4H,1H3. The highest BCUT2D eigenvalue weighted by Gasteiger charge is 1.95. The van der Waals surface area contributed by atoms with Crippen molar-refractivity contribution in [2.24, 2.45) is 7.05 Å². The van der Waals surface area contributed by atoms with Crippen molar-refractivity contribution in [2.45, 2.75) is 0 Å². The van der Waals surface area contributed by atoms with Crippen LogP contribution in [-0.2, 0) is 7.05 Å². The molecular formula is C7H6BrNO2. The van der Waals surface area contributed by atoms with Crippen molar-refractivity contribution in [3.05, 3.63) is 43.4 Å². The minimum Gasteiger partial charge on any atom is -0.278 e. The Morgan fingerprint density at radius 1 is 1.36 bits per heavy atom. The SMILES string of the molecule is Cn1c(=O)cccc(Br)c1=O. The lowest BCUT2D eigenvalue weighted by Gasteiger charge is -1.85. The molecule has 0 amide bonds. The molecule has 0 aliphatic rings. The third kappa shape index (κ3) is 1.57. The van der Waals surface area contributed by atoms with Crippen LogP contribution in [0.4, 0.5) is 0 Å². The second-order valence-corrected chi connectivity index (χ2v) is 2.93. The molecule has 0 saturated carbocycles. The van der Waals surface area contributed by atoms with Crippen LogP contribution in [0.3, 0.4) is 0 Å². The molecule has 0 spiro atoms. The molecule has 0 saturated heterocycles. The highest BCUT2D eigenvalue weighted by molar-refractivity contribution is 9.10. The molecule has 0 fully saturated rings. The summed E-state index contributed by atoms with van der Waals surface area (Å²) in [5.74, 6) is 0. The van der Waals surface area contributed by atoms with Crippen molar-refractivity contribution in [2.75, 3.05) is 0 Å². The summed E-state index contributed by atoms with van der Waals surface area (Å²) >= 11 is 3.04. The van der Waals surface area contributed by atoms with Gasteiger partial charge in [0.2, 0.25) is 0 Å². The van der Waals surface area contributed by atoms with Crippen LogP contribution in [0.5, 0.6) is 0 Å². The molecule has 0 bridgehead atoms. The van der Waals surface area contributed by atoms with Gasteiger partial charge in [-0.25, -0.2) is 0 Å². The zero-order valence-corrected chi connectivity index (χ0v) is 7.46. The van der Waals surface area contributed by atoms with Crippen LogP contribution in [0.25, 0.3) is 0 Å². The summed E-state index contributed by atoms with van der Waals surface area (Å²) in [6.07, 6.45) is 0. The predicted octanol–water partition coefficient (Wildman–Crippen LogP) is 0.508. The number of hydrogen-bond donors (Lipinski definition) is 0. The number of rotatable bonds is 0. The molecule has 1 aromatic rings. The molecule has 0 aliphatic heterocycles. The van der Waals surface area contributed by atoms with Crippen LogP contribution in [0.2, 0.25) is 0 Å². The van der Waals surface area contributed by atoms with Gasteiger partial charge in [-0.1, -0.05) is 6.07 Å². The van der Waals surface area contributed by atoms with Crippen molar-refractivity contribution < 1.29 is 0 Å². The Hall–Kier alpha value is -0.900. The maximum atomic E-state index is 11.1. The van der Waals surface area contributed by atoms with Gasteiger partial charge < -0.3 is 0 Å². The number of halogens is 1. The number of nitrogens with zero attached hydrogens (tertiary/aromatic N) is 1. The van der Waals surface area contributed by atoms with Crippen LogP contribution in [0.1, 0.15) is 0 Å². The van der Waals surface area contributed by atoms with E-state index in [0.717, 1.165) is 4.57 Å². The smallest absolute Gasteiger partial charge is 0.267 e. The van der Waals surface area contributed by atoms with Crippen LogP contribution in [0, 0.1) is 0 Å². The molecule has 58 valence electrons. The van der Waals surface area contributed by atoms with E-state index in [2.05, 4.69) is 15.9 Å². The van der Waals surface area contributed by atoms with E-state index < -0.39 is 0 Å². The minimum absolute atomic E-state index is 0.305. The monoisotopic (exact) mass is 215 g/mol. The first-order valence-electron chi connectivity index (χ1n) is 2.99.